The van der Waals surface area contributed by atoms with Crippen LogP contribution < -0.4 is 5.11 Å². The van der Waals surface area contributed by atoms with Gasteiger partial charge in [0, 0.05) is 6.42 Å². The van der Waals surface area contributed by atoms with E-state index in [4.69, 9.17) is 0 Å². The van der Waals surface area contributed by atoms with E-state index in [0.29, 0.717) is 6.42 Å². The summed E-state index contributed by atoms with van der Waals surface area (Å²) >= 11 is 0. The SMILES string of the molecule is O=C1OC1Cc1ccc([O-])cc1. The second-order valence-corrected chi connectivity index (χ2v) is 2.77. The lowest BCUT2D eigenvalue weighted by atomic mass is 10.1. The Balaban J connectivity index is 2.04. The molecule has 3 heteroatoms. The van der Waals surface area contributed by atoms with Crippen LogP contribution in [0.15, 0.2) is 24.3 Å². The van der Waals surface area contributed by atoms with Gasteiger partial charge >= 0.3 is 5.97 Å². The van der Waals surface area contributed by atoms with E-state index in [1.54, 1.807) is 12.1 Å². The van der Waals surface area contributed by atoms with Crippen LogP contribution in [0, 0.1) is 0 Å². The minimum absolute atomic E-state index is 0.0122. The Kier molecular flexibility index (Phi) is 1.50. The molecule has 12 heavy (non-hydrogen) atoms. The molecule has 1 aliphatic rings. The number of carbonyl (C=O) groups is 1. The monoisotopic (exact) mass is 163 g/mol. The van der Waals surface area contributed by atoms with Crippen LogP contribution in [0.5, 0.6) is 5.75 Å². The molecule has 0 N–H and O–H groups in total. The summed E-state index contributed by atoms with van der Waals surface area (Å²) in [6, 6.07) is 6.42. The highest BCUT2D eigenvalue weighted by atomic mass is 16.6. The third kappa shape index (κ3) is 1.39. The lowest BCUT2D eigenvalue weighted by Gasteiger charge is -2.03. The van der Waals surface area contributed by atoms with Crippen LogP contribution in [0.1, 0.15) is 5.56 Å². The first kappa shape index (κ1) is 7.16. The van der Waals surface area contributed by atoms with Gasteiger partial charge in [-0.05, 0) is 5.56 Å². The van der Waals surface area contributed by atoms with Crippen LogP contribution in [0.25, 0.3) is 0 Å². The Morgan fingerprint density at radius 2 is 1.92 bits per heavy atom. The fourth-order valence-corrected chi connectivity index (χ4v) is 1.07. The fourth-order valence-electron chi connectivity index (χ4n) is 1.07. The number of epoxide rings is 1. The van der Waals surface area contributed by atoms with E-state index in [2.05, 4.69) is 4.74 Å². The summed E-state index contributed by atoms with van der Waals surface area (Å²) in [6.07, 6.45) is 0.321. The van der Waals surface area contributed by atoms with Crippen molar-refractivity contribution in [3.8, 4) is 5.75 Å². The number of rotatable bonds is 2. The summed E-state index contributed by atoms with van der Waals surface area (Å²) in [5.74, 6) is -0.164. The molecule has 1 aromatic rings. The molecule has 0 saturated carbocycles. The maximum atomic E-state index is 10.7. The molecule has 0 aromatic heterocycles. The average Bonchev–Trinajstić information content (AvgIpc) is 2.72. The van der Waals surface area contributed by atoms with E-state index in [-0.39, 0.29) is 17.8 Å². The van der Waals surface area contributed by atoms with Gasteiger partial charge < -0.3 is 9.84 Å². The first-order chi connectivity index (χ1) is 5.75. The summed E-state index contributed by atoms with van der Waals surface area (Å²) in [7, 11) is 0. The number of cyclic esters (lactones) is 1. The molecule has 0 amide bonds. The first-order valence-corrected chi connectivity index (χ1v) is 3.72. The van der Waals surface area contributed by atoms with E-state index in [1.807, 2.05) is 0 Å². The molecule has 1 aromatic carbocycles. The third-order valence-corrected chi connectivity index (χ3v) is 1.81. The standard InChI is InChI=1S/C9H8O3/c10-7-3-1-6(2-4-7)5-8-9(11)12-8/h1-4,8,10H,5H2/p-1. The van der Waals surface area contributed by atoms with Crippen LogP contribution >= 0.6 is 0 Å². The normalized spacial score (nSPS) is 20.3. The molecule has 0 bridgehead atoms. The molecule has 1 heterocycles. The molecule has 1 saturated heterocycles. The minimum Gasteiger partial charge on any atom is -0.872 e. The van der Waals surface area contributed by atoms with E-state index < -0.39 is 0 Å². The molecule has 1 aliphatic heterocycles. The van der Waals surface area contributed by atoms with Crippen LogP contribution in [0.4, 0.5) is 0 Å². The lowest BCUT2D eigenvalue weighted by molar-refractivity contribution is -0.268. The van der Waals surface area contributed by atoms with E-state index in [9.17, 15) is 9.90 Å². The summed E-state index contributed by atoms with van der Waals surface area (Å²) in [4.78, 5) is 10.5. The van der Waals surface area contributed by atoms with Crippen molar-refractivity contribution in [2.45, 2.75) is 12.5 Å². The van der Waals surface area contributed by atoms with E-state index in [1.165, 1.54) is 12.1 Å². The maximum Gasteiger partial charge on any atom is 0.348 e. The van der Waals surface area contributed by atoms with E-state index in [0.717, 1.165) is 5.56 Å². The molecular formula is C9H7O3-. The van der Waals surface area contributed by atoms with Gasteiger partial charge in [-0.25, -0.2) is 4.79 Å². The number of hydrogen-bond donors (Lipinski definition) is 0. The summed E-state index contributed by atoms with van der Waals surface area (Å²) in [5.41, 5.74) is 0.963. The van der Waals surface area contributed by atoms with Gasteiger partial charge in [0.25, 0.3) is 0 Å². The van der Waals surface area contributed by atoms with E-state index >= 15 is 0 Å². The maximum absolute atomic E-state index is 10.7. The molecule has 1 unspecified atom stereocenters. The largest absolute Gasteiger partial charge is 0.872 e. The van der Waals surface area contributed by atoms with Crippen LogP contribution in [0.3, 0.4) is 0 Å². The Bertz CT molecular complexity index is 302. The zero-order valence-corrected chi connectivity index (χ0v) is 6.32. The van der Waals surface area contributed by atoms with Gasteiger partial charge in [-0.3, -0.25) is 0 Å². The topological polar surface area (TPSA) is 52.7 Å². The molecule has 2 rings (SSSR count). The fraction of sp³-hybridized carbons (Fsp3) is 0.222. The van der Waals surface area contributed by atoms with Crippen molar-refractivity contribution in [2.24, 2.45) is 0 Å². The average molecular weight is 163 g/mol. The van der Waals surface area contributed by atoms with Crippen molar-refractivity contribution < 1.29 is 14.6 Å². The molecular weight excluding hydrogens is 156 g/mol. The minimum atomic E-state index is -0.262. The molecule has 1 atom stereocenters. The van der Waals surface area contributed by atoms with Gasteiger partial charge in [0.15, 0.2) is 0 Å². The highest BCUT2D eigenvalue weighted by Crippen LogP contribution is 2.18. The molecule has 62 valence electrons. The van der Waals surface area contributed by atoms with Gasteiger partial charge in [-0.1, -0.05) is 24.3 Å². The molecule has 0 radical (unpaired) electrons. The Morgan fingerprint density at radius 3 is 2.42 bits per heavy atom. The van der Waals surface area contributed by atoms with Crippen molar-refractivity contribution in [2.75, 3.05) is 0 Å². The predicted molar refractivity (Wildman–Crippen MR) is 39.5 cm³/mol. The first-order valence-electron chi connectivity index (χ1n) is 3.72. The Labute approximate surface area is 69.6 Å². The summed E-state index contributed by atoms with van der Waals surface area (Å²) in [6.45, 7) is 0. The Morgan fingerprint density at radius 1 is 1.33 bits per heavy atom. The number of benzene rings is 1. The smallest absolute Gasteiger partial charge is 0.348 e. The van der Waals surface area contributed by atoms with Crippen molar-refractivity contribution in [3.63, 3.8) is 0 Å². The highest BCUT2D eigenvalue weighted by molar-refractivity contribution is 5.87. The molecule has 3 nitrogen and oxygen atoms in total. The summed E-state index contributed by atoms with van der Waals surface area (Å²) in [5, 5.41) is 10.7. The third-order valence-electron chi connectivity index (χ3n) is 1.81. The quantitative estimate of drug-likeness (QED) is 0.586. The summed E-state index contributed by atoms with van der Waals surface area (Å²) < 4.78 is 4.63. The van der Waals surface area contributed by atoms with Crippen molar-refractivity contribution in [1.29, 1.82) is 0 Å². The molecule has 0 aliphatic carbocycles. The molecule has 0 spiro atoms. The van der Waals surface area contributed by atoms with Gasteiger partial charge in [-0.15, -0.1) is 5.75 Å². The van der Waals surface area contributed by atoms with Crippen molar-refractivity contribution in [3.05, 3.63) is 29.8 Å². The van der Waals surface area contributed by atoms with Gasteiger partial charge in [-0.2, -0.15) is 0 Å². The van der Waals surface area contributed by atoms with Gasteiger partial charge in [0.1, 0.15) is 0 Å². The zero-order valence-electron chi connectivity index (χ0n) is 6.32. The Hall–Kier alpha value is -1.51. The number of carbonyl (C=O) groups excluding carboxylic acids is 1. The van der Waals surface area contributed by atoms with Gasteiger partial charge in [0.05, 0.1) is 0 Å². The highest BCUT2D eigenvalue weighted by Gasteiger charge is 2.37. The zero-order chi connectivity index (χ0) is 8.55. The second-order valence-electron chi connectivity index (χ2n) is 2.77. The number of ether oxygens (including phenoxy) is 1. The lowest BCUT2D eigenvalue weighted by Crippen LogP contribution is -1.95. The molecule has 1 fully saturated rings. The van der Waals surface area contributed by atoms with Crippen molar-refractivity contribution in [1.82, 2.24) is 0 Å². The second kappa shape index (κ2) is 2.52. The van der Waals surface area contributed by atoms with Gasteiger partial charge in [0.2, 0.25) is 6.10 Å². The predicted octanol–water partition coefficient (Wildman–Crippen LogP) is 0.228. The van der Waals surface area contributed by atoms with Crippen LogP contribution in [-0.2, 0) is 16.0 Å². The van der Waals surface area contributed by atoms with Crippen LogP contribution in [0.2, 0.25) is 0 Å². The van der Waals surface area contributed by atoms with Crippen molar-refractivity contribution >= 4 is 5.97 Å². The number of hydrogen-bond acceptors (Lipinski definition) is 3. The van der Waals surface area contributed by atoms with Crippen LogP contribution in [-0.4, -0.2) is 12.1 Å².